The number of thiophene rings is 1. The molecule has 0 bridgehead atoms. The maximum absolute atomic E-state index is 12.3. The number of ketones is 1. The molecule has 0 unspecified atom stereocenters. The Morgan fingerprint density at radius 1 is 1.22 bits per heavy atom. The number of hydrogen-bond acceptors (Lipinski definition) is 3. The minimum absolute atomic E-state index is 0.0393. The minimum Gasteiger partial charge on any atom is -0.452 e. The first-order valence-corrected chi connectivity index (χ1v) is 6.68. The van der Waals surface area contributed by atoms with Crippen molar-refractivity contribution in [2.75, 3.05) is 0 Å². The molecule has 90 valence electrons. The van der Waals surface area contributed by atoms with Gasteiger partial charge in [0.25, 0.3) is 0 Å². The van der Waals surface area contributed by atoms with Crippen molar-refractivity contribution in [1.29, 1.82) is 0 Å². The standard InChI is InChI=1S/C15H12O2S/c1-9-3-4-12-10(2)15(17-13(12)7-9)14(16)11-5-6-18-8-11/h3-8H,1-2H3. The number of hydrogen-bond donors (Lipinski definition) is 0. The van der Waals surface area contributed by atoms with Gasteiger partial charge in [-0.2, -0.15) is 11.3 Å². The van der Waals surface area contributed by atoms with Gasteiger partial charge >= 0.3 is 0 Å². The average Bonchev–Trinajstić information content (AvgIpc) is 2.97. The highest BCUT2D eigenvalue weighted by molar-refractivity contribution is 7.08. The number of aryl methyl sites for hydroxylation is 2. The normalized spacial score (nSPS) is 11.0. The van der Waals surface area contributed by atoms with Crippen molar-refractivity contribution in [2.45, 2.75) is 13.8 Å². The minimum atomic E-state index is -0.0393. The van der Waals surface area contributed by atoms with E-state index in [4.69, 9.17) is 4.42 Å². The molecule has 0 spiro atoms. The summed E-state index contributed by atoms with van der Waals surface area (Å²) in [6, 6.07) is 7.83. The van der Waals surface area contributed by atoms with Gasteiger partial charge in [-0.15, -0.1) is 0 Å². The Bertz CT molecular complexity index is 720. The predicted molar refractivity (Wildman–Crippen MR) is 73.4 cm³/mol. The summed E-state index contributed by atoms with van der Waals surface area (Å²) in [5.41, 5.74) is 3.52. The summed E-state index contributed by atoms with van der Waals surface area (Å²) in [5, 5.41) is 4.76. The lowest BCUT2D eigenvalue weighted by Gasteiger charge is -1.94. The third-order valence-electron chi connectivity index (χ3n) is 3.08. The number of rotatable bonds is 2. The van der Waals surface area contributed by atoms with Gasteiger partial charge in [-0.05, 0) is 36.9 Å². The van der Waals surface area contributed by atoms with E-state index in [1.807, 2.05) is 48.9 Å². The van der Waals surface area contributed by atoms with Crippen LogP contribution < -0.4 is 0 Å². The molecular weight excluding hydrogens is 244 g/mol. The predicted octanol–water partition coefficient (Wildman–Crippen LogP) is 4.34. The van der Waals surface area contributed by atoms with Crippen LogP contribution in [0.2, 0.25) is 0 Å². The van der Waals surface area contributed by atoms with Crippen molar-refractivity contribution in [1.82, 2.24) is 0 Å². The molecule has 0 fully saturated rings. The second-order valence-corrected chi connectivity index (χ2v) is 5.18. The fraction of sp³-hybridized carbons (Fsp3) is 0.133. The van der Waals surface area contributed by atoms with Crippen LogP contribution in [0.4, 0.5) is 0 Å². The average molecular weight is 256 g/mol. The largest absolute Gasteiger partial charge is 0.452 e. The smallest absolute Gasteiger partial charge is 0.229 e. The molecule has 0 amide bonds. The molecule has 0 saturated carbocycles. The number of carbonyl (C=O) groups is 1. The van der Waals surface area contributed by atoms with Crippen molar-refractivity contribution < 1.29 is 9.21 Å². The summed E-state index contributed by atoms with van der Waals surface area (Å²) in [6.07, 6.45) is 0. The zero-order chi connectivity index (χ0) is 12.7. The second-order valence-electron chi connectivity index (χ2n) is 4.40. The van der Waals surface area contributed by atoms with Crippen molar-refractivity contribution in [2.24, 2.45) is 0 Å². The van der Waals surface area contributed by atoms with Crippen LogP contribution in [0.3, 0.4) is 0 Å². The van der Waals surface area contributed by atoms with E-state index in [2.05, 4.69) is 0 Å². The molecule has 3 aromatic rings. The van der Waals surface area contributed by atoms with Gasteiger partial charge in [0.2, 0.25) is 5.78 Å². The molecule has 0 aliphatic carbocycles. The van der Waals surface area contributed by atoms with Gasteiger partial charge < -0.3 is 4.42 Å². The lowest BCUT2D eigenvalue weighted by molar-refractivity contribution is 0.101. The van der Waals surface area contributed by atoms with Crippen LogP contribution in [-0.4, -0.2) is 5.78 Å². The summed E-state index contributed by atoms with van der Waals surface area (Å²) < 4.78 is 5.72. The van der Waals surface area contributed by atoms with Crippen LogP contribution in [0.25, 0.3) is 11.0 Å². The molecule has 1 aromatic carbocycles. The monoisotopic (exact) mass is 256 g/mol. The van der Waals surface area contributed by atoms with Gasteiger partial charge in [-0.25, -0.2) is 0 Å². The summed E-state index contributed by atoms with van der Waals surface area (Å²) in [5.74, 6) is 0.414. The lowest BCUT2D eigenvalue weighted by atomic mass is 10.1. The van der Waals surface area contributed by atoms with Crippen LogP contribution in [0, 0.1) is 13.8 Å². The van der Waals surface area contributed by atoms with Crippen molar-refractivity contribution >= 4 is 28.1 Å². The Labute approximate surface area is 109 Å². The van der Waals surface area contributed by atoms with E-state index in [-0.39, 0.29) is 5.78 Å². The zero-order valence-electron chi connectivity index (χ0n) is 10.2. The SMILES string of the molecule is Cc1ccc2c(C)c(C(=O)c3ccsc3)oc2c1. The van der Waals surface area contributed by atoms with Crippen LogP contribution in [0.15, 0.2) is 39.4 Å². The van der Waals surface area contributed by atoms with Gasteiger partial charge in [0.1, 0.15) is 5.58 Å². The molecule has 0 aliphatic rings. The highest BCUT2D eigenvalue weighted by atomic mass is 32.1. The van der Waals surface area contributed by atoms with E-state index in [0.29, 0.717) is 11.3 Å². The van der Waals surface area contributed by atoms with Crippen molar-refractivity contribution in [3.8, 4) is 0 Å². The highest BCUT2D eigenvalue weighted by Gasteiger charge is 2.19. The first-order valence-electron chi connectivity index (χ1n) is 5.73. The van der Waals surface area contributed by atoms with Gasteiger partial charge in [0.05, 0.1) is 0 Å². The van der Waals surface area contributed by atoms with Crippen LogP contribution in [0.5, 0.6) is 0 Å². The maximum atomic E-state index is 12.3. The molecule has 0 atom stereocenters. The second kappa shape index (κ2) is 4.10. The molecule has 0 N–H and O–H groups in total. The fourth-order valence-corrected chi connectivity index (χ4v) is 2.71. The Morgan fingerprint density at radius 2 is 2.06 bits per heavy atom. The molecule has 0 aliphatic heterocycles. The highest BCUT2D eigenvalue weighted by Crippen LogP contribution is 2.28. The Hall–Kier alpha value is -1.87. The van der Waals surface area contributed by atoms with E-state index in [1.54, 1.807) is 0 Å². The quantitative estimate of drug-likeness (QED) is 0.638. The van der Waals surface area contributed by atoms with E-state index < -0.39 is 0 Å². The molecule has 3 heteroatoms. The fourth-order valence-electron chi connectivity index (χ4n) is 2.07. The molecule has 2 nitrogen and oxygen atoms in total. The molecule has 0 radical (unpaired) electrons. The molecular formula is C15H12O2S. The molecule has 18 heavy (non-hydrogen) atoms. The molecule has 2 aromatic heterocycles. The maximum Gasteiger partial charge on any atom is 0.229 e. The topological polar surface area (TPSA) is 30.2 Å². The van der Waals surface area contributed by atoms with Crippen molar-refractivity contribution in [3.05, 3.63) is 57.5 Å². The van der Waals surface area contributed by atoms with Gasteiger partial charge in [0, 0.05) is 21.9 Å². The number of furan rings is 1. The van der Waals surface area contributed by atoms with E-state index in [0.717, 1.165) is 22.1 Å². The Balaban J connectivity index is 2.18. The molecule has 0 saturated heterocycles. The summed E-state index contributed by atoms with van der Waals surface area (Å²) in [7, 11) is 0. The van der Waals surface area contributed by atoms with Crippen LogP contribution >= 0.6 is 11.3 Å². The Kier molecular flexibility index (Phi) is 2.56. The van der Waals surface area contributed by atoms with Crippen LogP contribution in [0.1, 0.15) is 27.2 Å². The lowest BCUT2D eigenvalue weighted by Crippen LogP contribution is -1.99. The summed E-state index contributed by atoms with van der Waals surface area (Å²) in [6.45, 7) is 3.94. The van der Waals surface area contributed by atoms with Gasteiger partial charge in [0.15, 0.2) is 5.76 Å². The first kappa shape index (κ1) is 11.2. The molecule has 3 rings (SSSR count). The Morgan fingerprint density at radius 3 is 2.78 bits per heavy atom. The van der Waals surface area contributed by atoms with Crippen molar-refractivity contribution in [3.63, 3.8) is 0 Å². The van der Waals surface area contributed by atoms with E-state index in [1.165, 1.54) is 11.3 Å². The summed E-state index contributed by atoms with van der Waals surface area (Å²) in [4.78, 5) is 12.3. The van der Waals surface area contributed by atoms with Gasteiger partial charge in [-0.1, -0.05) is 12.1 Å². The summed E-state index contributed by atoms with van der Waals surface area (Å²) >= 11 is 1.52. The number of fused-ring (bicyclic) bond motifs is 1. The zero-order valence-corrected chi connectivity index (χ0v) is 11.0. The first-order chi connectivity index (χ1) is 8.66. The van der Waals surface area contributed by atoms with Gasteiger partial charge in [-0.3, -0.25) is 4.79 Å². The molecule has 2 heterocycles. The number of carbonyl (C=O) groups excluding carboxylic acids is 1. The van der Waals surface area contributed by atoms with E-state index >= 15 is 0 Å². The van der Waals surface area contributed by atoms with E-state index in [9.17, 15) is 4.79 Å². The van der Waals surface area contributed by atoms with Crippen LogP contribution in [-0.2, 0) is 0 Å². The third kappa shape index (κ3) is 1.68. The number of benzene rings is 1. The third-order valence-corrected chi connectivity index (χ3v) is 3.77.